The molecule has 0 aromatic carbocycles. The smallest absolute Gasteiger partial charge is 0.242 e. The van der Waals surface area contributed by atoms with Gasteiger partial charge in [-0.1, -0.05) is 15.4 Å². The molecule has 1 N–H and O–H groups in total. The summed E-state index contributed by atoms with van der Waals surface area (Å²) in [6, 6.07) is 0. The van der Waals surface area contributed by atoms with Crippen LogP contribution in [-0.4, -0.2) is 18.5 Å². The van der Waals surface area contributed by atoms with Gasteiger partial charge in [0.15, 0.2) is 0 Å². The second-order valence-corrected chi connectivity index (χ2v) is 4.14. The molecule has 1 atom stereocenters. The molecule has 0 aliphatic heterocycles. The zero-order valence-corrected chi connectivity index (χ0v) is 6.61. The molecule has 0 aliphatic rings. The van der Waals surface area contributed by atoms with Crippen molar-refractivity contribution in [2.24, 2.45) is 0 Å². The molecule has 0 rings (SSSR count). The maximum atomic E-state index is 9.70. The molecule has 0 saturated heterocycles. The largest absolute Gasteiger partial charge is 0.302 e. The van der Waals surface area contributed by atoms with Crippen molar-refractivity contribution in [2.45, 2.75) is 6.82 Å². The average Bonchev–Trinajstić information content (AvgIpc) is 1.66. The SMILES string of the molecule is CB(S)PNCC=O. The van der Waals surface area contributed by atoms with E-state index in [1.807, 2.05) is 6.82 Å². The van der Waals surface area contributed by atoms with Crippen molar-refractivity contribution in [3.8, 4) is 0 Å². The Morgan fingerprint density at radius 1 is 2.00 bits per heavy atom. The standard InChI is InChI=1S/C3H9BNOPS/c1-4(8)7-5-2-3-6/h3,5,7-8H,2H2,1H3. The number of carbonyl (C=O) groups is 1. The lowest BCUT2D eigenvalue weighted by Gasteiger charge is -1.97. The minimum Gasteiger partial charge on any atom is -0.302 e. The summed E-state index contributed by atoms with van der Waals surface area (Å²) in [5.74, 6) is 0. The van der Waals surface area contributed by atoms with Crippen LogP contribution in [0.1, 0.15) is 0 Å². The summed E-state index contributed by atoms with van der Waals surface area (Å²) in [4.78, 5) is 9.70. The van der Waals surface area contributed by atoms with Crippen LogP contribution in [0.4, 0.5) is 0 Å². The Morgan fingerprint density at radius 3 is 3.00 bits per heavy atom. The number of aldehydes is 1. The number of hydrogen-bond acceptors (Lipinski definition) is 3. The van der Waals surface area contributed by atoms with E-state index in [2.05, 4.69) is 17.6 Å². The van der Waals surface area contributed by atoms with E-state index >= 15 is 0 Å². The van der Waals surface area contributed by atoms with E-state index in [1.54, 1.807) is 0 Å². The number of hydrogen-bond donors (Lipinski definition) is 2. The van der Waals surface area contributed by atoms with Gasteiger partial charge in [-0.05, 0) is 0 Å². The lowest BCUT2D eigenvalue weighted by atomic mass is 10.2. The van der Waals surface area contributed by atoms with Crippen LogP contribution in [0.2, 0.25) is 6.82 Å². The highest BCUT2D eigenvalue weighted by atomic mass is 32.1. The van der Waals surface area contributed by atoms with Crippen molar-refractivity contribution in [1.29, 1.82) is 0 Å². The predicted molar refractivity (Wildman–Crippen MR) is 43.0 cm³/mol. The third kappa shape index (κ3) is 6.47. The summed E-state index contributed by atoms with van der Waals surface area (Å²) in [5, 5.41) is 2.92. The van der Waals surface area contributed by atoms with Gasteiger partial charge >= 0.3 is 0 Å². The number of carbonyl (C=O) groups excluding carboxylic acids is 1. The molecule has 0 spiro atoms. The lowest BCUT2D eigenvalue weighted by molar-refractivity contribution is -0.106. The Bertz CT molecular complexity index is 72.3. The highest BCUT2D eigenvalue weighted by molar-refractivity contribution is 8.27. The molecule has 0 bridgehead atoms. The van der Waals surface area contributed by atoms with Crippen LogP contribution in [0.25, 0.3) is 0 Å². The maximum absolute atomic E-state index is 9.70. The van der Waals surface area contributed by atoms with Crippen molar-refractivity contribution >= 4 is 33.1 Å². The first-order valence-electron chi connectivity index (χ1n) is 2.37. The molecule has 0 aliphatic carbocycles. The number of rotatable bonds is 4. The first kappa shape index (κ1) is 8.47. The third-order valence-electron chi connectivity index (χ3n) is 0.496. The maximum Gasteiger partial charge on any atom is 0.242 e. The minimum atomic E-state index is 0.356. The molecule has 0 radical (unpaired) electrons. The van der Waals surface area contributed by atoms with E-state index in [0.717, 1.165) is 6.29 Å². The number of nitrogens with one attached hydrogen (secondary N) is 1. The van der Waals surface area contributed by atoms with E-state index < -0.39 is 0 Å². The highest BCUT2D eigenvalue weighted by Gasteiger charge is 1.95. The fourth-order valence-electron chi connectivity index (χ4n) is 0.248. The van der Waals surface area contributed by atoms with Gasteiger partial charge in [-0.15, -0.1) is 0 Å². The minimum absolute atomic E-state index is 0.356. The van der Waals surface area contributed by atoms with Crippen LogP contribution in [0.5, 0.6) is 0 Å². The molecule has 5 heteroatoms. The van der Waals surface area contributed by atoms with Crippen molar-refractivity contribution in [3.05, 3.63) is 0 Å². The molecule has 8 heavy (non-hydrogen) atoms. The quantitative estimate of drug-likeness (QED) is 0.199. The van der Waals surface area contributed by atoms with Gasteiger partial charge in [0.1, 0.15) is 6.29 Å². The summed E-state index contributed by atoms with van der Waals surface area (Å²) >= 11 is 4.10. The normalized spacial score (nSPS) is 10.2. The molecular weight excluding hydrogens is 140 g/mol. The summed E-state index contributed by atoms with van der Waals surface area (Å²) in [6.45, 7) is 2.43. The Balaban J connectivity index is 2.81. The lowest BCUT2D eigenvalue weighted by Crippen LogP contribution is -2.08. The fourth-order valence-corrected chi connectivity index (χ4v) is 1.02. The van der Waals surface area contributed by atoms with Gasteiger partial charge in [-0.25, -0.2) is 12.5 Å². The van der Waals surface area contributed by atoms with Gasteiger partial charge in [0.25, 0.3) is 0 Å². The summed E-state index contributed by atoms with van der Waals surface area (Å²) in [6.07, 6.45) is 0.850. The van der Waals surface area contributed by atoms with Crippen LogP contribution < -0.4 is 5.09 Å². The second kappa shape index (κ2) is 5.61. The molecule has 0 aromatic rings. The third-order valence-corrected chi connectivity index (χ3v) is 1.71. The van der Waals surface area contributed by atoms with Gasteiger partial charge in [0.2, 0.25) is 5.71 Å². The van der Waals surface area contributed by atoms with E-state index in [0.29, 0.717) is 20.9 Å². The van der Waals surface area contributed by atoms with E-state index in [-0.39, 0.29) is 0 Å². The highest BCUT2D eigenvalue weighted by Crippen LogP contribution is 2.10. The molecule has 46 valence electrons. The van der Waals surface area contributed by atoms with Crippen molar-refractivity contribution in [3.63, 3.8) is 0 Å². The van der Waals surface area contributed by atoms with Crippen LogP contribution >= 0.6 is 21.1 Å². The predicted octanol–water partition coefficient (Wildman–Crippen LogP) is 0.416. The van der Waals surface area contributed by atoms with Crippen LogP contribution in [0, 0.1) is 0 Å². The monoisotopic (exact) mass is 149 g/mol. The van der Waals surface area contributed by atoms with Crippen molar-refractivity contribution < 1.29 is 4.79 Å². The van der Waals surface area contributed by atoms with Crippen LogP contribution in [0.15, 0.2) is 0 Å². The summed E-state index contributed by atoms with van der Waals surface area (Å²) in [5.41, 5.74) is 0.356. The first-order chi connectivity index (χ1) is 3.77. The topological polar surface area (TPSA) is 29.1 Å². The van der Waals surface area contributed by atoms with E-state index in [4.69, 9.17) is 0 Å². The second-order valence-electron chi connectivity index (χ2n) is 1.37. The average molecular weight is 149 g/mol. The molecule has 2 nitrogen and oxygen atoms in total. The van der Waals surface area contributed by atoms with Crippen molar-refractivity contribution in [2.75, 3.05) is 6.54 Å². The summed E-state index contributed by atoms with van der Waals surface area (Å²) in [7, 11) is 0.578. The molecule has 0 saturated carbocycles. The molecule has 1 unspecified atom stereocenters. The molecule has 0 fully saturated rings. The summed E-state index contributed by atoms with van der Waals surface area (Å²) < 4.78 is 0. The van der Waals surface area contributed by atoms with Crippen LogP contribution in [0.3, 0.4) is 0 Å². The van der Waals surface area contributed by atoms with Crippen molar-refractivity contribution in [1.82, 2.24) is 5.09 Å². The zero-order valence-electron chi connectivity index (χ0n) is 4.72. The van der Waals surface area contributed by atoms with Gasteiger partial charge in [-0.3, -0.25) is 5.09 Å². The van der Waals surface area contributed by atoms with Crippen LogP contribution in [-0.2, 0) is 4.79 Å². The Morgan fingerprint density at radius 2 is 2.62 bits per heavy atom. The van der Waals surface area contributed by atoms with Gasteiger partial charge < -0.3 is 4.79 Å². The Hall–Kier alpha value is 0.475. The van der Waals surface area contributed by atoms with Gasteiger partial charge in [-0.2, -0.15) is 0 Å². The zero-order chi connectivity index (χ0) is 6.41. The fraction of sp³-hybridized carbons (Fsp3) is 0.667. The number of thiol groups is 1. The molecule has 0 aromatic heterocycles. The van der Waals surface area contributed by atoms with Gasteiger partial charge in [0.05, 0.1) is 6.54 Å². The first-order valence-corrected chi connectivity index (χ1v) is 3.97. The Labute approximate surface area is 57.0 Å². The molecular formula is C3H9BNOPS. The van der Waals surface area contributed by atoms with E-state index in [9.17, 15) is 4.79 Å². The molecule has 0 heterocycles. The Kier molecular flexibility index (Phi) is 5.94. The van der Waals surface area contributed by atoms with E-state index in [1.165, 1.54) is 0 Å². The van der Waals surface area contributed by atoms with Gasteiger partial charge in [0, 0.05) is 0 Å². The molecule has 0 amide bonds.